The van der Waals surface area contributed by atoms with Crippen molar-refractivity contribution in [3.63, 3.8) is 0 Å². The Morgan fingerprint density at radius 1 is 1.26 bits per heavy atom. The molecule has 0 bridgehead atoms. The zero-order chi connectivity index (χ0) is 19.6. The predicted molar refractivity (Wildman–Crippen MR) is 101 cm³/mol. The largest absolute Gasteiger partial charge is 0.497 e. The molecule has 0 atom stereocenters. The summed E-state index contributed by atoms with van der Waals surface area (Å²) in [7, 11) is -2.38. The maximum atomic E-state index is 12.3. The molecule has 142 valence electrons. The highest BCUT2D eigenvalue weighted by atomic mass is 35.5. The third-order valence-corrected chi connectivity index (χ3v) is 6.42. The summed E-state index contributed by atoms with van der Waals surface area (Å²) in [6.45, 7) is 0. The van der Waals surface area contributed by atoms with Crippen LogP contribution in [0.5, 0.6) is 5.75 Å². The molecule has 0 aliphatic carbocycles. The van der Waals surface area contributed by atoms with Gasteiger partial charge in [0.05, 0.1) is 21.9 Å². The standard InChI is InChI=1S/C15H11Cl2N3O5S2/c1-24-8-2-4-9(5-3-8)27(22,23)7-12(21)18-15-20-19-14(25-15)10-6-11(16)26-13(10)17/h2-6H,7H2,1H3,(H,18,20,21). The summed E-state index contributed by atoms with van der Waals surface area (Å²) in [5.41, 5.74) is 0.422. The van der Waals surface area contributed by atoms with E-state index < -0.39 is 21.5 Å². The van der Waals surface area contributed by atoms with Gasteiger partial charge in [-0.3, -0.25) is 10.1 Å². The van der Waals surface area contributed by atoms with E-state index in [4.69, 9.17) is 32.4 Å². The number of hydrogen-bond donors (Lipinski definition) is 1. The maximum absolute atomic E-state index is 12.3. The van der Waals surface area contributed by atoms with Crippen molar-refractivity contribution in [2.24, 2.45) is 0 Å². The number of methoxy groups -OCH3 is 1. The van der Waals surface area contributed by atoms with E-state index in [0.29, 0.717) is 20.0 Å². The van der Waals surface area contributed by atoms with Gasteiger partial charge < -0.3 is 9.15 Å². The number of carbonyl (C=O) groups excluding carboxylic acids is 1. The van der Waals surface area contributed by atoms with Crippen LogP contribution in [0.2, 0.25) is 8.67 Å². The Morgan fingerprint density at radius 3 is 2.56 bits per heavy atom. The van der Waals surface area contributed by atoms with Gasteiger partial charge in [0, 0.05) is 0 Å². The number of amides is 1. The van der Waals surface area contributed by atoms with Gasteiger partial charge in [0.2, 0.25) is 5.91 Å². The smallest absolute Gasteiger partial charge is 0.322 e. The molecule has 0 spiro atoms. The zero-order valence-electron chi connectivity index (χ0n) is 13.6. The minimum atomic E-state index is -3.85. The van der Waals surface area contributed by atoms with Crippen LogP contribution in [0.4, 0.5) is 6.01 Å². The van der Waals surface area contributed by atoms with Crippen LogP contribution in [0.15, 0.2) is 39.6 Å². The van der Waals surface area contributed by atoms with Crippen molar-refractivity contribution in [3.8, 4) is 17.2 Å². The first-order valence-electron chi connectivity index (χ1n) is 7.24. The van der Waals surface area contributed by atoms with Gasteiger partial charge in [-0.15, -0.1) is 16.4 Å². The number of thiophene rings is 1. The Kier molecular flexibility index (Phi) is 5.70. The third-order valence-electron chi connectivity index (χ3n) is 3.30. The summed E-state index contributed by atoms with van der Waals surface area (Å²) in [5, 5.41) is 9.66. The van der Waals surface area contributed by atoms with Gasteiger partial charge in [-0.1, -0.05) is 28.3 Å². The fourth-order valence-corrected chi connectivity index (χ4v) is 4.65. The van der Waals surface area contributed by atoms with Gasteiger partial charge in [0.1, 0.15) is 15.8 Å². The number of sulfone groups is 1. The Bertz CT molecular complexity index is 1080. The minimum absolute atomic E-state index is 0.00985. The number of benzene rings is 1. The number of halogens is 2. The van der Waals surface area contributed by atoms with Crippen LogP contribution in [-0.4, -0.2) is 37.4 Å². The molecule has 1 aromatic carbocycles. The van der Waals surface area contributed by atoms with Gasteiger partial charge in [0.25, 0.3) is 5.89 Å². The lowest BCUT2D eigenvalue weighted by Crippen LogP contribution is -2.23. The Labute approximate surface area is 168 Å². The number of anilines is 1. The van der Waals surface area contributed by atoms with Crippen molar-refractivity contribution in [1.82, 2.24) is 10.2 Å². The van der Waals surface area contributed by atoms with Gasteiger partial charge in [0.15, 0.2) is 9.84 Å². The van der Waals surface area contributed by atoms with Gasteiger partial charge in [-0.05, 0) is 30.3 Å². The lowest BCUT2D eigenvalue weighted by molar-refractivity contribution is -0.114. The fraction of sp³-hybridized carbons (Fsp3) is 0.133. The van der Waals surface area contributed by atoms with E-state index in [1.54, 1.807) is 6.07 Å². The van der Waals surface area contributed by atoms with Crippen LogP contribution in [0.1, 0.15) is 0 Å². The molecule has 1 amide bonds. The van der Waals surface area contributed by atoms with E-state index in [-0.39, 0.29) is 16.8 Å². The first-order chi connectivity index (χ1) is 12.8. The number of rotatable bonds is 6. The van der Waals surface area contributed by atoms with Crippen LogP contribution in [0, 0.1) is 0 Å². The number of aromatic nitrogens is 2. The van der Waals surface area contributed by atoms with Crippen molar-refractivity contribution in [3.05, 3.63) is 39.0 Å². The van der Waals surface area contributed by atoms with E-state index in [2.05, 4.69) is 15.5 Å². The molecule has 0 saturated heterocycles. The molecule has 0 fully saturated rings. The first kappa shape index (κ1) is 19.6. The van der Waals surface area contributed by atoms with E-state index >= 15 is 0 Å². The Balaban J connectivity index is 1.69. The quantitative estimate of drug-likeness (QED) is 0.614. The summed E-state index contributed by atoms with van der Waals surface area (Å²) in [4.78, 5) is 12.0. The number of nitrogens with one attached hydrogen (secondary N) is 1. The van der Waals surface area contributed by atoms with E-state index in [1.165, 1.54) is 31.4 Å². The Morgan fingerprint density at radius 2 is 1.96 bits per heavy atom. The second-order valence-corrected chi connectivity index (χ2v) is 9.41. The molecule has 27 heavy (non-hydrogen) atoms. The van der Waals surface area contributed by atoms with Crippen LogP contribution in [0.25, 0.3) is 11.5 Å². The zero-order valence-corrected chi connectivity index (χ0v) is 16.7. The minimum Gasteiger partial charge on any atom is -0.497 e. The highest BCUT2D eigenvalue weighted by Gasteiger charge is 2.22. The monoisotopic (exact) mass is 447 g/mol. The predicted octanol–water partition coefficient (Wildman–Crippen LogP) is 3.53. The van der Waals surface area contributed by atoms with Gasteiger partial charge >= 0.3 is 6.01 Å². The van der Waals surface area contributed by atoms with Crippen LogP contribution < -0.4 is 10.1 Å². The summed E-state index contributed by atoms with van der Waals surface area (Å²) in [6, 6.07) is 6.99. The molecule has 0 aliphatic rings. The van der Waals surface area contributed by atoms with Crippen molar-refractivity contribution < 1.29 is 22.4 Å². The van der Waals surface area contributed by atoms with Crippen molar-refractivity contribution in [2.45, 2.75) is 4.90 Å². The topological polar surface area (TPSA) is 111 Å². The highest BCUT2D eigenvalue weighted by Crippen LogP contribution is 2.37. The molecule has 3 aromatic rings. The third kappa shape index (κ3) is 4.59. The lowest BCUT2D eigenvalue weighted by atomic mass is 10.3. The van der Waals surface area contributed by atoms with E-state index in [0.717, 1.165) is 11.3 Å². The summed E-state index contributed by atoms with van der Waals surface area (Å²) in [5.74, 6) is -1.06. The number of nitrogens with zero attached hydrogens (tertiary/aromatic N) is 2. The van der Waals surface area contributed by atoms with E-state index in [9.17, 15) is 13.2 Å². The second-order valence-electron chi connectivity index (χ2n) is 5.13. The van der Waals surface area contributed by atoms with Crippen molar-refractivity contribution in [1.29, 1.82) is 0 Å². The molecule has 12 heteroatoms. The second kappa shape index (κ2) is 7.85. The van der Waals surface area contributed by atoms with Crippen molar-refractivity contribution in [2.75, 3.05) is 18.2 Å². The SMILES string of the molecule is COc1ccc(S(=O)(=O)CC(=O)Nc2nnc(-c3cc(Cl)sc3Cl)o2)cc1. The average molecular weight is 448 g/mol. The molecule has 3 rings (SSSR count). The van der Waals surface area contributed by atoms with Gasteiger partial charge in [-0.2, -0.15) is 0 Å². The molecule has 0 aliphatic heterocycles. The van der Waals surface area contributed by atoms with Crippen LogP contribution >= 0.6 is 34.5 Å². The molecule has 2 aromatic heterocycles. The molecule has 0 unspecified atom stereocenters. The van der Waals surface area contributed by atoms with Crippen LogP contribution in [-0.2, 0) is 14.6 Å². The van der Waals surface area contributed by atoms with Crippen molar-refractivity contribution >= 4 is 56.3 Å². The summed E-state index contributed by atoms with van der Waals surface area (Å²) in [6.07, 6.45) is 0. The average Bonchev–Trinajstić information content (AvgIpc) is 3.20. The summed E-state index contributed by atoms with van der Waals surface area (Å²) < 4.78 is 35.7. The molecule has 0 saturated carbocycles. The normalized spacial score (nSPS) is 11.4. The highest BCUT2D eigenvalue weighted by molar-refractivity contribution is 7.92. The number of carbonyl (C=O) groups is 1. The fourth-order valence-electron chi connectivity index (χ4n) is 2.06. The Hall–Kier alpha value is -2.14. The van der Waals surface area contributed by atoms with E-state index in [1.807, 2.05) is 0 Å². The molecule has 8 nitrogen and oxygen atoms in total. The number of ether oxygens (including phenoxy) is 1. The molecule has 2 heterocycles. The molecule has 0 radical (unpaired) electrons. The first-order valence-corrected chi connectivity index (χ1v) is 10.5. The number of hydrogen-bond acceptors (Lipinski definition) is 8. The maximum Gasteiger partial charge on any atom is 0.322 e. The lowest BCUT2D eigenvalue weighted by Gasteiger charge is -2.05. The molecule has 1 N–H and O–H groups in total. The summed E-state index contributed by atoms with van der Waals surface area (Å²) >= 11 is 13.0. The molecular weight excluding hydrogens is 437 g/mol. The van der Waals surface area contributed by atoms with Gasteiger partial charge in [-0.25, -0.2) is 8.42 Å². The van der Waals surface area contributed by atoms with Crippen LogP contribution in [0.3, 0.4) is 0 Å². The molecular formula is C15H11Cl2N3O5S2.